The lowest BCUT2D eigenvalue weighted by Gasteiger charge is -2.06. The summed E-state index contributed by atoms with van der Waals surface area (Å²) in [7, 11) is 0. The monoisotopic (exact) mass is 514 g/mol. The summed E-state index contributed by atoms with van der Waals surface area (Å²) in [6.07, 6.45) is 3.90. The van der Waals surface area contributed by atoms with Crippen molar-refractivity contribution in [3.8, 4) is 34.6 Å². The molecule has 0 amide bonds. The van der Waals surface area contributed by atoms with E-state index in [4.69, 9.17) is 0 Å². The minimum Gasteiger partial charge on any atom is -0.246 e. The molecule has 0 bridgehead atoms. The molecule has 0 aliphatic carbocycles. The van der Waals surface area contributed by atoms with Crippen LogP contribution < -0.4 is 10.7 Å². The number of benzene rings is 5. The van der Waals surface area contributed by atoms with E-state index in [2.05, 4.69) is 64.6 Å². The molecule has 186 valence electrons. The lowest BCUT2D eigenvalue weighted by molar-refractivity contribution is 0.485. The second kappa shape index (κ2) is 9.27. The highest BCUT2D eigenvalue weighted by molar-refractivity contribution is 6.21. The molecule has 0 N–H and O–H groups in total. The van der Waals surface area contributed by atoms with Crippen molar-refractivity contribution in [3.63, 3.8) is 0 Å². The molecule has 0 aliphatic heterocycles. The van der Waals surface area contributed by atoms with Crippen LogP contribution in [0, 0.1) is 22.9 Å². The third kappa shape index (κ3) is 3.57. The van der Waals surface area contributed by atoms with Crippen molar-refractivity contribution in [1.82, 2.24) is 0 Å². The Morgan fingerprint density at radius 1 is 0.475 bits per heavy atom. The van der Waals surface area contributed by atoms with E-state index in [-0.39, 0.29) is 0 Å². The van der Waals surface area contributed by atoms with Crippen LogP contribution in [0.25, 0.3) is 65.3 Å². The third-order valence-corrected chi connectivity index (χ3v) is 7.67. The average molecular weight is 515 g/mol. The third-order valence-electron chi connectivity index (χ3n) is 7.67. The van der Waals surface area contributed by atoms with E-state index in [0.29, 0.717) is 16.3 Å². The molecular weight excluding hydrogens is 495 g/mol. The minimum absolute atomic E-state index is 0.533. The van der Waals surface area contributed by atoms with Crippen LogP contribution in [0.1, 0.15) is 5.56 Å². The molecule has 0 saturated heterocycles. The fourth-order valence-electron chi connectivity index (χ4n) is 5.81. The Bertz CT molecular complexity index is 2310. The Hall–Kier alpha value is -5.65. The summed E-state index contributed by atoms with van der Waals surface area (Å²) in [4.78, 5) is 8.37. The molecule has 7 rings (SSSR count). The van der Waals surface area contributed by atoms with Crippen molar-refractivity contribution >= 4 is 43.1 Å². The van der Waals surface area contributed by atoms with Crippen LogP contribution in [0.2, 0.25) is 0 Å². The molecule has 4 nitrogen and oxygen atoms in total. The van der Waals surface area contributed by atoms with Gasteiger partial charge >= 0.3 is 0 Å². The Morgan fingerprint density at radius 3 is 1.52 bits per heavy atom. The molecule has 0 fully saturated rings. The van der Waals surface area contributed by atoms with Crippen LogP contribution >= 0.6 is 0 Å². The highest BCUT2D eigenvalue weighted by Crippen LogP contribution is 2.34. The number of alkyl halides is 1. The molecule has 40 heavy (non-hydrogen) atoms. The zero-order chi connectivity index (χ0) is 27.2. The van der Waals surface area contributed by atoms with Gasteiger partial charge in [0.05, 0.1) is 10.7 Å². The van der Waals surface area contributed by atoms with Crippen LogP contribution in [-0.4, -0.2) is 0 Å². The second-order valence-electron chi connectivity index (χ2n) is 9.78. The molecule has 0 heterocycles. The first-order chi connectivity index (χ1) is 19.7. The van der Waals surface area contributed by atoms with Crippen LogP contribution in [0.5, 0.6) is 0 Å². The first-order valence-electron chi connectivity index (χ1n) is 12.8. The number of hydrogen-bond donors (Lipinski definition) is 0. The van der Waals surface area contributed by atoms with Crippen molar-refractivity contribution in [2.45, 2.75) is 6.67 Å². The van der Waals surface area contributed by atoms with Crippen LogP contribution in [-0.2, 0) is 6.67 Å². The van der Waals surface area contributed by atoms with Crippen LogP contribution in [0.4, 0.5) is 4.39 Å². The maximum atomic E-state index is 13.4. The molecule has 0 spiro atoms. The van der Waals surface area contributed by atoms with Gasteiger partial charge in [-0.3, -0.25) is 0 Å². The number of hydrogen-bond acceptors (Lipinski definition) is 4. The quantitative estimate of drug-likeness (QED) is 0.226. The van der Waals surface area contributed by atoms with Gasteiger partial charge in [0.1, 0.15) is 6.67 Å². The molecule has 0 radical (unpaired) electrons. The predicted octanol–water partition coefficient (Wildman–Crippen LogP) is 7.74. The molecule has 7 aromatic rings. The SMILES string of the molecule is N#CN=c1c2cc(CF)ccc2c2cc3c(=NC#N)c4cc(-c5ccc(-c6ccccc6)cc5)ccc4c3cc12. The molecule has 0 unspecified atom stereocenters. The predicted molar refractivity (Wildman–Crippen MR) is 157 cm³/mol. The largest absolute Gasteiger partial charge is 0.246 e. The molecule has 0 saturated carbocycles. The van der Waals surface area contributed by atoms with Gasteiger partial charge < -0.3 is 0 Å². The number of halogens is 1. The molecule has 7 aromatic carbocycles. The van der Waals surface area contributed by atoms with Gasteiger partial charge in [0.15, 0.2) is 0 Å². The standard InChI is InChI=1S/C35H19FN4/c36-18-21-6-12-26-28-16-33-29(17-32(28)34(39-19-37)30(26)14-21)27-13-11-25(15-31(27)35(33)40-20-38)24-9-7-23(8-10-24)22-4-2-1-3-5-22/h1-17H,18H2. The summed E-state index contributed by atoms with van der Waals surface area (Å²) >= 11 is 0. The number of nitriles is 2. The van der Waals surface area contributed by atoms with Crippen molar-refractivity contribution in [1.29, 1.82) is 10.5 Å². The van der Waals surface area contributed by atoms with Crippen molar-refractivity contribution in [2.24, 2.45) is 9.98 Å². The van der Waals surface area contributed by atoms with E-state index in [0.717, 1.165) is 65.3 Å². The summed E-state index contributed by atoms with van der Waals surface area (Å²) in [6.45, 7) is -0.594. The average Bonchev–Trinajstić information content (AvgIpc) is 3.48. The Kier molecular flexibility index (Phi) is 5.44. The summed E-state index contributed by atoms with van der Waals surface area (Å²) in [5.74, 6) is 0. The molecule has 5 heteroatoms. The van der Waals surface area contributed by atoms with Gasteiger partial charge in [-0.05, 0) is 73.6 Å². The van der Waals surface area contributed by atoms with Gasteiger partial charge in [-0.1, -0.05) is 78.9 Å². The van der Waals surface area contributed by atoms with E-state index in [1.807, 2.05) is 48.8 Å². The first-order valence-corrected chi connectivity index (χ1v) is 12.8. The molecule has 0 aromatic heterocycles. The Balaban J connectivity index is 1.47. The van der Waals surface area contributed by atoms with Gasteiger partial charge in [0, 0.05) is 21.5 Å². The van der Waals surface area contributed by atoms with Crippen LogP contribution in [0.3, 0.4) is 0 Å². The fraction of sp³-hybridized carbons (Fsp3) is 0.0286. The van der Waals surface area contributed by atoms with Gasteiger partial charge in [-0.2, -0.15) is 20.5 Å². The molecule has 0 aliphatic rings. The first kappa shape index (κ1) is 23.5. The number of fused-ring (bicyclic) bond motifs is 6. The summed E-state index contributed by atoms with van der Waals surface area (Å²) in [5.41, 5.74) is 4.94. The second-order valence-corrected chi connectivity index (χ2v) is 9.78. The van der Waals surface area contributed by atoms with Crippen molar-refractivity contribution in [2.75, 3.05) is 0 Å². The van der Waals surface area contributed by atoms with Gasteiger partial charge in [-0.15, -0.1) is 0 Å². The number of nitrogens with zero attached hydrogens (tertiary/aromatic N) is 4. The van der Waals surface area contributed by atoms with Crippen molar-refractivity contribution < 1.29 is 4.39 Å². The molecular formula is C35H19FN4. The maximum Gasteiger partial charge on any atom is 0.206 e. The smallest absolute Gasteiger partial charge is 0.206 e. The normalized spacial score (nSPS) is 12.5. The summed E-state index contributed by atoms with van der Waals surface area (Å²) < 4.78 is 13.4. The van der Waals surface area contributed by atoms with E-state index in [9.17, 15) is 14.9 Å². The minimum atomic E-state index is -0.594. The van der Waals surface area contributed by atoms with E-state index >= 15 is 0 Å². The molecule has 0 atom stereocenters. The lowest BCUT2D eigenvalue weighted by atomic mass is 9.99. The van der Waals surface area contributed by atoms with Gasteiger partial charge in [-0.25, -0.2) is 4.39 Å². The Labute approximate surface area is 228 Å². The van der Waals surface area contributed by atoms with E-state index in [1.54, 1.807) is 12.1 Å². The van der Waals surface area contributed by atoms with Crippen LogP contribution in [0.15, 0.2) is 113 Å². The van der Waals surface area contributed by atoms with Crippen molar-refractivity contribution in [3.05, 3.63) is 119 Å². The number of rotatable bonds is 3. The fourth-order valence-corrected chi connectivity index (χ4v) is 5.81. The topological polar surface area (TPSA) is 72.3 Å². The zero-order valence-electron chi connectivity index (χ0n) is 21.2. The van der Waals surface area contributed by atoms with E-state index in [1.165, 1.54) is 0 Å². The van der Waals surface area contributed by atoms with Gasteiger partial charge in [0.2, 0.25) is 12.4 Å². The van der Waals surface area contributed by atoms with E-state index < -0.39 is 6.67 Å². The zero-order valence-corrected chi connectivity index (χ0v) is 21.2. The highest BCUT2D eigenvalue weighted by atomic mass is 19.1. The Morgan fingerprint density at radius 2 is 0.950 bits per heavy atom. The lowest BCUT2D eigenvalue weighted by Crippen LogP contribution is -1.99. The maximum absolute atomic E-state index is 13.4. The summed E-state index contributed by atoms with van der Waals surface area (Å²) in [6, 6.07) is 34.3. The van der Waals surface area contributed by atoms with Gasteiger partial charge in [0.25, 0.3) is 0 Å². The highest BCUT2D eigenvalue weighted by Gasteiger charge is 2.16. The summed E-state index contributed by atoms with van der Waals surface area (Å²) in [5, 5.41) is 27.1.